The number of rotatable bonds is 5. The van der Waals surface area contributed by atoms with Crippen LogP contribution in [0.2, 0.25) is 0 Å². The maximum absolute atomic E-state index is 13.3. The van der Waals surface area contributed by atoms with Gasteiger partial charge >= 0.3 is 0 Å². The Morgan fingerprint density at radius 3 is 2.53 bits per heavy atom. The van der Waals surface area contributed by atoms with Gasteiger partial charge in [-0.25, -0.2) is 8.78 Å². The van der Waals surface area contributed by atoms with Crippen molar-refractivity contribution in [3.63, 3.8) is 0 Å². The highest BCUT2D eigenvalue weighted by Crippen LogP contribution is 2.47. The SMILES string of the molecule is Cn1cc(C(=O)Nc2ccccc2C2CCCCC2C2CCCCC2)c(C(F)F)n1. The second-order valence-corrected chi connectivity index (χ2v) is 8.90. The number of hydrogen-bond acceptors (Lipinski definition) is 2. The molecule has 2 aliphatic rings. The monoisotopic (exact) mass is 415 g/mol. The van der Waals surface area contributed by atoms with E-state index in [2.05, 4.69) is 16.5 Å². The molecule has 2 unspecified atom stereocenters. The number of benzene rings is 1. The third-order valence-corrected chi connectivity index (χ3v) is 6.99. The third-order valence-electron chi connectivity index (χ3n) is 6.99. The Hall–Kier alpha value is -2.24. The van der Waals surface area contributed by atoms with E-state index in [4.69, 9.17) is 0 Å². The van der Waals surface area contributed by atoms with E-state index >= 15 is 0 Å². The van der Waals surface area contributed by atoms with Crippen LogP contribution < -0.4 is 5.32 Å². The van der Waals surface area contributed by atoms with Gasteiger partial charge in [-0.05, 0) is 42.2 Å². The molecule has 0 saturated heterocycles. The Labute approximate surface area is 177 Å². The first-order valence-electron chi connectivity index (χ1n) is 11.3. The van der Waals surface area contributed by atoms with Crippen molar-refractivity contribution in [2.24, 2.45) is 18.9 Å². The van der Waals surface area contributed by atoms with Crippen molar-refractivity contribution in [2.75, 3.05) is 5.32 Å². The minimum atomic E-state index is -2.78. The molecule has 30 heavy (non-hydrogen) atoms. The highest BCUT2D eigenvalue weighted by atomic mass is 19.3. The normalized spacial score (nSPS) is 22.9. The lowest BCUT2D eigenvalue weighted by Gasteiger charge is -2.40. The molecular formula is C24H31F2N3O. The number of halogens is 2. The van der Waals surface area contributed by atoms with Crippen LogP contribution in [0, 0.1) is 11.8 Å². The minimum absolute atomic E-state index is 0.0604. The molecular weight excluding hydrogens is 384 g/mol. The van der Waals surface area contributed by atoms with Gasteiger partial charge in [0.15, 0.2) is 0 Å². The first kappa shape index (κ1) is 21.0. The van der Waals surface area contributed by atoms with Crippen LogP contribution in [0.5, 0.6) is 0 Å². The lowest BCUT2D eigenvalue weighted by molar-refractivity contribution is 0.101. The molecule has 2 aliphatic carbocycles. The Morgan fingerprint density at radius 1 is 1.07 bits per heavy atom. The Bertz CT molecular complexity index is 873. The van der Waals surface area contributed by atoms with Crippen LogP contribution in [0.25, 0.3) is 0 Å². The van der Waals surface area contributed by atoms with Crippen molar-refractivity contribution in [3.05, 3.63) is 47.3 Å². The largest absolute Gasteiger partial charge is 0.322 e. The number of carbonyl (C=O) groups is 1. The number of hydrogen-bond donors (Lipinski definition) is 1. The average Bonchev–Trinajstić information content (AvgIpc) is 3.17. The van der Waals surface area contributed by atoms with Gasteiger partial charge < -0.3 is 5.32 Å². The summed E-state index contributed by atoms with van der Waals surface area (Å²) >= 11 is 0. The summed E-state index contributed by atoms with van der Waals surface area (Å²) in [6.45, 7) is 0. The van der Waals surface area contributed by atoms with E-state index in [1.165, 1.54) is 62.2 Å². The van der Waals surface area contributed by atoms with Gasteiger partial charge in [-0.1, -0.05) is 63.1 Å². The maximum atomic E-state index is 13.3. The third kappa shape index (κ3) is 4.42. The summed E-state index contributed by atoms with van der Waals surface area (Å²) < 4.78 is 27.9. The number of anilines is 1. The fourth-order valence-electron chi connectivity index (χ4n) is 5.64. The zero-order valence-corrected chi connectivity index (χ0v) is 17.6. The molecule has 4 nitrogen and oxygen atoms in total. The predicted molar refractivity (Wildman–Crippen MR) is 114 cm³/mol. The van der Waals surface area contributed by atoms with E-state index in [1.807, 2.05) is 18.2 Å². The topological polar surface area (TPSA) is 46.9 Å². The van der Waals surface area contributed by atoms with E-state index < -0.39 is 18.0 Å². The summed E-state index contributed by atoms with van der Waals surface area (Å²) in [5.74, 6) is 1.31. The van der Waals surface area contributed by atoms with Gasteiger partial charge in [-0.2, -0.15) is 5.10 Å². The Kier molecular flexibility index (Phi) is 6.49. The molecule has 1 amide bonds. The van der Waals surface area contributed by atoms with Gasteiger partial charge in [0.05, 0.1) is 5.56 Å². The number of alkyl halides is 2. The average molecular weight is 416 g/mol. The van der Waals surface area contributed by atoms with E-state index in [9.17, 15) is 13.6 Å². The number of para-hydroxylation sites is 1. The quantitative estimate of drug-likeness (QED) is 0.609. The second-order valence-electron chi connectivity index (χ2n) is 8.90. The van der Waals surface area contributed by atoms with Crippen molar-refractivity contribution in [2.45, 2.75) is 70.1 Å². The van der Waals surface area contributed by atoms with Crippen LogP contribution in [0.4, 0.5) is 14.5 Å². The number of aryl methyl sites for hydroxylation is 1. The fraction of sp³-hybridized carbons (Fsp3) is 0.583. The van der Waals surface area contributed by atoms with E-state index in [0.717, 1.165) is 23.6 Å². The Morgan fingerprint density at radius 2 is 1.77 bits per heavy atom. The van der Waals surface area contributed by atoms with E-state index in [0.29, 0.717) is 11.8 Å². The van der Waals surface area contributed by atoms with Crippen molar-refractivity contribution in [1.82, 2.24) is 9.78 Å². The molecule has 162 valence electrons. The first-order valence-corrected chi connectivity index (χ1v) is 11.3. The van der Waals surface area contributed by atoms with Crippen LogP contribution in [0.3, 0.4) is 0 Å². The lowest BCUT2D eigenvalue weighted by Crippen LogP contribution is -2.28. The van der Waals surface area contributed by atoms with Gasteiger partial charge in [0, 0.05) is 18.9 Å². The first-order chi connectivity index (χ1) is 14.5. The summed E-state index contributed by atoms with van der Waals surface area (Å²) in [6.07, 6.45) is 10.0. The van der Waals surface area contributed by atoms with Gasteiger partial charge in [0.1, 0.15) is 5.69 Å². The molecule has 2 saturated carbocycles. The van der Waals surface area contributed by atoms with Crippen molar-refractivity contribution in [3.8, 4) is 0 Å². The van der Waals surface area contributed by atoms with Crippen LogP contribution in [-0.2, 0) is 7.05 Å². The van der Waals surface area contributed by atoms with E-state index in [1.54, 1.807) is 7.05 Å². The van der Waals surface area contributed by atoms with Crippen LogP contribution >= 0.6 is 0 Å². The van der Waals surface area contributed by atoms with Crippen molar-refractivity contribution in [1.29, 1.82) is 0 Å². The lowest BCUT2D eigenvalue weighted by atomic mass is 9.66. The maximum Gasteiger partial charge on any atom is 0.282 e. The molecule has 1 heterocycles. The molecule has 2 atom stereocenters. The Balaban J connectivity index is 1.59. The highest BCUT2D eigenvalue weighted by Gasteiger charge is 2.34. The highest BCUT2D eigenvalue weighted by molar-refractivity contribution is 6.05. The van der Waals surface area contributed by atoms with Gasteiger partial charge in [-0.15, -0.1) is 0 Å². The summed E-state index contributed by atoms with van der Waals surface area (Å²) in [7, 11) is 1.55. The molecule has 0 aliphatic heterocycles. The zero-order chi connectivity index (χ0) is 21.1. The van der Waals surface area contributed by atoms with Gasteiger partial charge in [0.2, 0.25) is 0 Å². The zero-order valence-electron chi connectivity index (χ0n) is 17.6. The molecule has 0 bridgehead atoms. The number of nitrogens with one attached hydrogen (secondary N) is 1. The molecule has 6 heteroatoms. The van der Waals surface area contributed by atoms with Crippen LogP contribution in [0.1, 0.15) is 91.7 Å². The fourth-order valence-corrected chi connectivity index (χ4v) is 5.64. The molecule has 2 aromatic rings. The van der Waals surface area contributed by atoms with Gasteiger partial charge in [-0.3, -0.25) is 9.48 Å². The molecule has 0 radical (unpaired) electrons. The summed E-state index contributed by atoms with van der Waals surface area (Å²) in [5.41, 5.74) is 1.38. The molecule has 1 aromatic carbocycles. The molecule has 1 aromatic heterocycles. The predicted octanol–water partition coefficient (Wildman–Crippen LogP) is 6.46. The van der Waals surface area contributed by atoms with Crippen LogP contribution in [-0.4, -0.2) is 15.7 Å². The van der Waals surface area contributed by atoms with Gasteiger partial charge in [0.25, 0.3) is 12.3 Å². The van der Waals surface area contributed by atoms with Crippen LogP contribution in [0.15, 0.2) is 30.5 Å². The number of amides is 1. The number of aromatic nitrogens is 2. The van der Waals surface area contributed by atoms with Crippen molar-refractivity contribution < 1.29 is 13.6 Å². The number of nitrogens with zero attached hydrogens (tertiary/aromatic N) is 2. The standard InChI is InChI=1S/C24H31F2N3O/c1-29-15-20(22(28-29)23(25)26)24(30)27-21-14-8-7-13-19(21)18-12-6-5-11-17(18)16-9-3-2-4-10-16/h7-8,13-18,23H,2-6,9-12H2,1H3,(H,27,30). The summed E-state index contributed by atoms with van der Waals surface area (Å²) in [5, 5.41) is 6.69. The minimum Gasteiger partial charge on any atom is -0.322 e. The smallest absolute Gasteiger partial charge is 0.282 e. The van der Waals surface area contributed by atoms with Crippen molar-refractivity contribution >= 4 is 11.6 Å². The molecule has 4 rings (SSSR count). The molecule has 0 spiro atoms. The molecule has 1 N–H and O–H groups in total. The summed E-state index contributed by atoms with van der Waals surface area (Å²) in [6, 6.07) is 7.93. The summed E-state index contributed by atoms with van der Waals surface area (Å²) in [4.78, 5) is 12.9. The number of carbonyl (C=O) groups excluding carboxylic acids is 1. The molecule has 2 fully saturated rings. The second kappa shape index (κ2) is 9.27. The van der Waals surface area contributed by atoms with E-state index in [-0.39, 0.29) is 5.56 Å².